The largest absolute Gasteiger partial charge is 0.396 e. The lowest BCUT2D eigenvalue weighted by Crippen LogP contribution is -2.33. The summed E-state index contributed by atoms with van der Waals surface area (Å²) < 4.78 is 13.2. The van der Waals surface area contributed by atoms with Gasteiger partial charge in [0.1, 0.15) is 5.82 Å². The lowest BCUT2D eigenvalue weighted by Gasteiger charge is -2.20. The van der Waals surface area contributed by atoms with Crippen LogP contribution in [0.5, 0.6) is 0 Å². The van der Waals surface area contributed by atoms with Crippen LogP contribution >= 0.6 is 0 Å². The van der Waals surface area contributed by atoms with E-state index >= 15 is 0 Å². The highest BCUT2D eigenvalue weighted by molar-refractivity contribution is 5.26. The van der Waals surface area contributed by atoms with Crippen LogP contribution in [-0.2, 0) is 12.8 Å². The van der Waals surface area contributed by atoms with E-state index in [9.17, 15) is 9.50 Å². The summed E-state index contributed by atoms with van der Waals surface area (Å²) >= 11 is 0. The Hall–Kier alpha value is -1.71. The van der Waals surface area contributed by atoms with Crippen molar-refractivity contribution in [2.45, 2.75) is 39.2 Å². The second-order valence-corrected chi connectivity index (χ2v) is 6.66. The first-order chi connectivity index (χ1) is 11.6. The summed E-state index contributed by atoms with van der Waals surface area (Å²) in [5.41, 5.74) is 3.60. The van der Waals surface area contributed by atoms with Crippen LogP contribution in [0.25, 0.3) is 0 Å². The zero-order valence-electron chi connectivity index (χ0n) is 14.6. The van der Waals surface area contributed by atoms with E-state index in [-0.39, 0.29) is 18.3 Å². The Morgan fingerprint density at radius 1 is 1.12 bits per heavy atom. The average molecular weight is 329 g/mol. The molecule has 0 bridgehead atoms. The lowest BCUT2D eigenvalue weighted by atomic mass is 9.96. The van der Waals surface area contributed by atoms with Crippen LogP contribution in [0.4, 0.5) is 4.39 Å². The van der Waals surface area contributed by atoms with E-state index in [4.69, 9.17) is 0 Å². The summed E-state index contributed by atoms with van der Waals surface area (Å²) in [6, 6.07) is 15.5. The first-order valence-electron chi connectivity index (χ1n) is 8.71. The number of hydrogen-bond acceptors (Lipinski definition) is 2. The Balaban J connectivity index is 1.77. The summed E-state index contributed by atoms with van der Waals surface area (Å²) in [4.78, 5) is 0. The molecule has 2 unspecified atom stereocenters. The molecule has 0 radical (unpaired) electrons. The lowest BCUT2D eigenvalue weighted by molar-refractivity contribution is 0.218. The highest BCUT2D eigenvalue weighted by atomic mass is 19.1. The molecular weight excluding hydrogens is 301 g/mol. The van der Waals surface area contributed by atoms with E-state index in [1.165, 1.54) is 17.2 Å². The summed E-state index contributed by atoms with van der Waals surface area (Å²) in [5, 5.41) is 13.2. The molecule has 2 rings (SSSR count). The Bertz CT molecular complexity index is 629. The minimum absolute atomic E-state index is 0.174. The van der Waals surface area contributed by atoms with Crippen molar-refractivity contribution in [3.05, 3.63) is 71.0 Å². The molecule has 130 valence electrons. The second kappa shape index (κ2) is 9.55. The molecular formula is C21H28FNO. The molecule has 2 aromatic rings. The predicted molar refractivity (Wildman–Crippen MR) is 97.6 cm³/mol. The van der Waals surface area contributed by atoms with Gasteiger partial charge < -0.3 is 10.4 Å². The molecule has 24 heavy (non-hydrogen) atoms. The summed E-state index contributed by atoms with van der Waals surface area (Å²) in [6.07, 6.45) is 2.69. The van der Waals surface area contributed by atoms with Gasteiger partial charge in [0.05, 0.1) is 0 Å². The van der Waals surface area contributed by atoms with Crippen LogP contribution in [-0.4, -0.2) is 24.3 Å². The molecule has 0 aliphatic carbocycles. The van der Waals surface area contributed by atoms with Crippen molar-refractivity contribution in [3.8, 4) is 0 Å². The smallest absolute Gasteiger partial charge is 0.123 e. The predicted octanol–water partition coefficient (Wildman–Crippen LogP) is 3.90. The molecule has 2 nitrogen and oxygen atoms in total. The highest BCUT2D eigenvalue weighted by Crippen LogP contribution is 2.13. The highest BCUT2D eigenvalue weighted by Gasteiger charge is 2.12. The monoisotopic (exact) mass is 329 g/mol. The van der Waals surface area contributed by atoms with Gasteiger partial charge in [-0.3, -0.25) is 0 Å². The normalized spacial score (nSPS) is 13.7. The van der Waals surface area contributed by atoms with Gasteiger partial charge in [-0.25, -0.2) is 4.39 Å². The van der Waals surface area contributed by atoms with Gasteiger partial charge in [-0.2, -0.15) is 0 Å². The summed E-state index contributed by atoms with van der Waals surface area (Å²) in [7, 11) is 0. The van der Waals surface area contributed by atoms with Crippen LogP contribution in [0.1, 0.15) is 30.0 Å². The van der Waals surface area contributed by atoms with Crippen LogP contribution < -0.4 is 5.32 Å². The van der Waals surface area contributed by atoms with Crippen LogP contribution in [0.2, 0.25) is 0 Å². The zero-order valence-corrected chi connectivity index (χ0v) is 14.6. The Labute approximate surface area is 144 Å². The van der Waals surface area contributed by atoms with Crippen molar-refractivity contribution in [1.29, 1.82) is 0 Å². The summed E-state index contributed by atoms with van der Waals surface area (Å²) in [5.74, 6) is 0.0365. The molecule has 2 aromatic carbocycles. The van der Waals surface area contributed by atoms with Crippen LogP contribution in [0.15, 0.2) is 48.5 Å². The Kier molecular flexibility index (Phi) is 7.41. The molecule has 0 aliphatic heterocycles. The Morgan fingerprint density at radius 2 is 1.92 bits per heavy atom. The number of rotatable bonds is 9. The van der Waals surface area contributed by atoms with Gasteiger partial charge >= 0.3 is 0 Å². The SMILES string of the molecule is Cc1ccccc1CC(CO)CNC(C)CCc1cccc(F)c1. The number of aryl methyl sites for hydroxylation is 2. The van der Waals surface area contributed by atoms with Gasteiger partial charge in [0.2, 0.25) is 0 Å². The maximum atomic E-state index is 13.2. The maximum Gasteiger partial charge on any atom is 0.123 e. The molecule has 0 saturated carbocycles. The quantitative estimate of drug-likeness (QED) is 0.731. The first-order valence-corrected chi connectivity index (χ1v) is 8.71. The van der Waals surface area contributed by atoms with Crippen molar-refractivity contribution in [2.75, 3.05) is 13.2 Å². The van der Waals surface area contributed by atoms with E-state index < -0.39 is 0 Å². The van der Waals surface area contributed by atoms with E-state index in [0.29, 0.717) is 6.04 Å². The third-order valence-corrected chi connectivity index (χ3v) is 4.54. The molecule has 3 heteroatoms. The molecule has 0 heterocycles. The topological polar surface area (TPSA) is 32.3 Å². The minimum atomic E-state index is -0.174. The molecule has 2 atom stereocenters. The number of benzene rings is 2. The molecule has 0 spiro atoms. The van der Waals surface area contributed by atoms with Gasteiger partial charge in [0.25, 0.3) is 0 Å². The number of nitrogens with one attached hydrogen (secondary N) is 1. The molecule has 2 N–H and O–H groups in total. The van der Waals surface area contributed by atoms with Gasteiger partial charge in [0, 0.05) is 19.2 Å². The van der Waals surface area contributed by atoms with Gasteiger partial charge in [-0.05, 0) is 67.9 Å². The first kappa shape index (κ1) is 18.6. The number of aliphatic hydroxyl groups is 1. The average Bonchev–Trinajstić information content (AvgIpc) is 2.58. The minimum Gasteiger partial charge on any atom is -0.396 e. The fourth-order valence-corrected chi connectivity index (χ4v) is 2.90. The van der Waals surface area contributed by atoms with E-state index in [0.717, 1.165) is 31.4 Å². The van der Waals surface area contributed by atoms with Crippen molar-refractivity contribution in [1.82, 2.24) is 5.32 Å². The van der Waals surface area contributed by atoms with Crippen molar-refractivity contribution >= 4 is 0 Å². The van der Waals surface area contributed by atoms with Crippen LogP contribution in [0.3, 0.4) is 0 Å². The van der Waals surface area contributed by atoms with Gasteiger partial charge in [-0.15, -0.1) is 0 Å². The zero-order chi connectivity index (χ0) is 17.4. The van der Waals surface area contributed by atoms with Gasteiger partial charge in [0.15, 0.2) is 0 Å². The van der Waals surface area contributed by atoms with Crippen molar-refractivity contribution in [2.24, 2.45) is 5.92 Å². The molecule has 0 fully saturated rings. The van der Waals surface area contributed by atoms with E-state index in [1.54, 1.807) is 12.1 Å². The third-order valence-electron chi connectivity index (χ3n) is 4.54. The molecule has 0 amide bonds. The number of halogens is 1. The molecule has 0 aromatic heterocycles. The van der Waals surface area contributed by atoms with Gasteiger partial charge in [-0.1, -0.05) is 36.4 Å². The number of hydrogen-bond donors (Lipinski definition) is 2. The summed E-state index contributed by atoms with van der Waals surface area (Å²) in [6.45, 7) is 5.22. The van der Waals surface area contributed by atoms with E-state index in [1.807, 2.05) is 18.2 Å². The standard InChI is InChI=1S/C21H28FNO/c1-16-6-3-4-8-20(16)12-19(15-24)14-23-17(2)10-11-18-7-5-9-21(22)13-18/h3-9,13,17,19,23-24H,10-12,14-15H2,1-2H3. The number of aliphatic hydroxyl groups excluding tert-OH is 1. The molecule has 0 saturated heterocycles. The molecule has 0 aliphatic rings. The second-order valence-electron chi connectivity index (χ2n) is 6.66. The third kappa shape index (κ3) is 6.06. The van der Waals surface area contributed by atoms with Crippen molar-refractivity contribution < 1.29 is 9.50 Å². The van der Waals surface area contributed by atoms with Crippen molar-refractivity contribution in [3.63, 3.8) is 0 Å². The fraction of sp³-hybridized carbons (Fsp3) is 0.429. The Morgan fingerprint density at radius 3 is 2.62 bits per heavy atom. The maximum absolute atomic E-state index is 13.2. The van der Waals surface area contributed by atoms with Crippen LogP contribution in [0, 0.1) is 18.7 Å². The fourth-order valence-electron chi connectivity index (χ4n) is 2.90. The van der Waals surface area contributed by atoms with E-state index in [2.05, 4.69) is 31.3 Å².